The van der Waals surface area contributed by atoms with Crippen molar-refractivity contribution in [1.82, 2.24) is 5.32 Å². The van der Waals surface area contributed by atoms with Crippen LogP contribution in [0.1, 0.15) is 43.6 Å². The fourth-order valence-electron chi connectivity index (χ4n) is 2.16. The lowest BCUT2D eigenvalue weighted by Gasteiger charge is -2.27. The van der Waals surface area contributed by atoms with Gasteiger partial charge in [0.25, 0.3) is 0 Å². The number of hydrogen-bond acceptors (Lipinski definition) is 3. The van der Waals surface area contributed by atoms with Crippen LogP contribution in [-0.2, 0) is 4.79 Å². The Balaban J connectivity index is 2.82. The minimum atomic E-state index is -0.890. The third-order valence-electron chi connectivity index (χ3n) is 3.72. The fourth-order valence-corrected chi connectivity index (χ4v) is 2.16. The molecule has 3 unspecified atom stereocenters. The third kappa shape index (κ3) is 4.05. The summed E-state index contributed by atoms with van der Waals surface area (Å²) in [6.07, 6.45) is -0.727. The molecule has 0 aromatic heterocycles. The number of benzene rings is 1. The van der Waals surface area contributed by atoms with E-state index in [4.69, 9.17) is 0 Å². The van der Waals surface area contributed by atoms with Gasteiger partial charge in [-0.2, -0.15) is 0 Å². The second kappa shape index (κ2) is 6.86. The molecule has 0 aliphatic heterocycles. The molecule has 0 spiro atoms. The van der Waals surface area contributed by atoms with Crippen LogP contribution in [0.4, 0.5) is 0 Å². The summed E-state index contributed by atoms with van der Waals surface area (Å²) in [6.45, 7) is 9.52. The van der Waals surface area contributed by atoms with Crippen molar-refractivity contribution in [3.63, 3.8) is 0 Å². The van der Waals surface area contributed by atoms with Crippen LogP contribution in [0.5, 0.6) is 0 Å². The summed E-state index contributed by atoms with van der Waals surface area (Å²) in [7, 11) is 0. The number of aliphatic carboxylic acids is 1. The molecule has 0 fully saturated rings. The Kier molecular flexibility index (Phi) is 5.72. The smallest absolute Gasteiger partial charge is 0.320 e. The first-order valence-electron chi connectivity index (χ1n) is 6.98. The highest BCUT2D eigenvalue weighted by atomic mass is 16.4. The molecule has 1 aromatic rings. The third-order valence-corrected chi connectivity index (χ3v) is 3.72. The molecule has 1 rings (SSSR count). The average molecular weight is 279 g/mol. The van der Waals surface area contributed by atoms with Crippen LogP contribution < -0.4 is 5.32 Å². The molecule has 0 bridgehead atoms. The molecule has 0 radical (unpaired) electrons. The van der Waals surface area contributed by atoms with Crippen LogP contribution in [-0.4, -0.2) is 28.3 Å². The largest absolute Gasteiger partial charge is 0.480 e. The zero-order valence-corrected chi connectivity index (χ0v) is 12.8. The molecule has 0 amide bonds. The lowest BCUT2D eigenvalue weighted by atomic mass is 9.97. The fraction of sp³-hybridized carbons (Fsp3) is 0.562. The first-order valence-corrected chi connectivity index (χ1v) is 6.98. The van der Waals surface area contributed by atoms with Gasteiger partial charge in [-0.25, -0.2) is 0 Å². The van der Waals surface area contributed by atoms with Crippen molar-refractivity contribution in [2.75, 3.05) is 0 Å². The Bertz CT molecular complexity index is 471. The molecule has 0 heterocycles. The first kappa shape index (κ1) is 16.7. The van der Waals surface area contributed by atoms with Crippen molar-refractivity contribution in [2.45, 2.75) is 52.8 Å². The highest BCUT2D eigenvalue weighted by molar-refractivity contribution is 5.73. The summed E-state index contributed by atoms with van der Waals surface area (Å²) < 4.78 is 0. The van der Waals surface area contributed by atoms with Crippen molar-refractivity contribution in [3.8, 4) is 0 Å². The zero-order valence-electron chi connectivity index (χ0n) is 12.8. The SMILES string of the molecule is Cc1ccc(C(O)C(C)NC(C(=O)O)C(C)C)cc1C. The van der Waals surface area contributed by atoms with E-state index in [1.807, 2.05) is 45.9 Å². The highest BCUT2D eigenvalue weighted by Crippen LogP contribution is 2.20. The molecule has 3 N–H and O–H groups in total. The highest BCUT2D eigenvalue weighted by Gasteiger charge is 2.26. The Morgan fingerprint density at radius 1 is 1.15 bits per heavy atom. The van der Waals surface area contributed by atoms with Gasteiger partial charge in [0.15, 0.2) is 0 Å². The molecular formula is C16H25NO3. The lowest BCUT2D eigenvalue weighted by molar-refractivity contribution is -0.141. The van der Waals surface area contributed by atoms with Gasteiger partial charge in [-0.3, -0.25) is 10.1 Å². The number of nitrogens with one attached hydrogen (secondary N) is 1. The quantitative estimate of drug-likeness (QED) is 0.748. The Morgan fingerprint density at radius 3 is 2.20 bits per heavy atom. The number of carbonyl (C=O) groups is 1. The zero-order chi connectivity index (χ0) is 15.4. The molecule has 3 atom stereocenters. The molecule has 4 nitrogen and oxygen atoms in total. The van der Waals surface area contributed by atoms with E-state index in [2.05, 4.69) is 5.32 Å². The van der Waals surface area contributed by atoms with Gasteiger partial charge < -0.3 is 10.2 Å². The number of aliphatic hydroxyl groups excluding tert-OH is 1. The number of aliphatic hydroxyl groups is 1. The van der Waals surface area contributed by atoms with E-state index < -0.39 is 18.1 Å². The van der Waals surface area contributed by atoms with Gasteiger partial charge in [0.05, 0.1) is 6.10 Å². The molecular weight excluding hydrogens is 254 g/mol. The summed E-state index contributed by atoms with van der Waals surface area (Å²) in [5, 5.41) is 22.5. The van der Waals surface area contributed by atoms with Gasteiger partial charge in [0, 0.05) is 6.04 Å². The van der Waals surface area contributed by atoms with E-state index in [0.717, 1.165) is 11.1 Å². The van der Waals surface area contributed by atoms with Crippen molar-refractivity contribution in [1.29, 1.82) is 0 Å². The summed E-state index contributed by atoms with van der Waals surface area (Å²) in [6, 6.07) is 4.81. The Labute approximate surface area is 120 Å². The second-order valence-electron chi connectivity index (χ2n) is 5.80. The molecule has 0 saturated heterocycles. The number of aryl methyl sites for hydroxylation is 2. The van der Waals surface area contributed by atoms with Gasteiger partial charge >= 0.3 is 5.97 Å². The Hall–Kier alpha value is -1.39. The maximum atomic E-state index is 11.2. The van der Waals surface area contributed by atoms with E-state index in [1.165, 1.54) is 5.56 Å². The van der Waals surface area contributed by atoms with Crippen LogP contribution in [0.3, 0.4) is 0 Å². The summed E-state index contributed by atoms with van der Waals surface area (Å²) >= 11 is 0. The minimum Gasteiger partial charge on any atom is -0.480 e. The summed E-state index contributed by atoms with van der Waals surface area (Å²) in [5.41, 5.74) is 3.10. The monoisotopic (exact) mass is 279 g/mol. The Morgan fingerprint density at radius 2 is 1.75 bits per heavy atom. The van der Waals surface area contributed by atoms with Gasteiger partial charge in [0.2, 0.25) is 0 Å². The number of carboxylic acid groups (broad SMARTS) is 1. The number of carboxylic acids is 1. The van der Waals surface area contributed by atoms with Crippen LogP contribution >= 0.6 is 0 Å². The van der Waals surface area contributed by atoms with E-state index >= 15 is 0 Å². The molecule has 20 heavy (non-hydrogen) atoms. The lowest BCUT2D eigenvalue weighted by Crippen LogP contribution is -2.47. The van der Waals surface area contributed by atoms with Gasteiger partial charge in [0.1, 0.15) is 6.04 Å². The predicted molar refractivity (Wildman–Crippen MR) is 79.7 cm³/mol. The number of hydrogen-bond donors (Lipinski definition) is 3. The average Bonchev–Trinajstić information content (AvgIpc) is 2.37. The maximum absolute atomic E-state index is 11.2. The van der Waals surface area contributed by atoms with Gasteiger partial charge in [-0.15, -0.1) is 0 Å². The first-order chi connectivity index (χ1) is 9.23. The van der Waals surface area contributed by atoms with E-state index in [-0.39, 0.29) is 12.0 Å². The minimum absolute atomic E-state index is 0.0399. The molecule has 1 aromatic carbocycles. The van der Waals surface area contributed by atoms with Crippen LogP contribution in [0, 0.1) is 19.8 Å². The molecule has 0 aliphatic carbocycles. The van der Waals surface area contributed by atoms with Crippen molar-refractivity contribution >= 4 is 5.97 Å². The van der Waals surface area contributed by atoms with Crippen molar-refractivity contribution in [2.24, 2.45) is 5.92 Å². The predicted octanol–water partition coefficient (Wildman–Crippen LogP) is 2.42. The van der Waals surface area contributed by atoms with E-state index in [9.17, 15) is 15.0 Å². The van der Waals surface area contributed by atoms with Crippen LogP contribution in [0.15, 0.2) is 18.2 Å². The van der Waals surface area contributed by atoms with E-state index in [0.29, 0.717) is 0 Å². The molecule has 112 valence electrons. The van der Waals surface area contributed by atoms with Gasteiger partial charge in [-0.1, -0.05) is 32.0 Å². The van der Waals surface area contributed by atoms with Gasteiger partial charge in [-0.05, 0) is 43.4 Å². The standard InChI is InChI=1S/C16H25NO3/c1-9(2)14(16(19)20)17-12(5)15(18)13-7-6-10(3)11(4)8-13/h6-9,12,14-15,17-18H,1-5H3,(H,19,20). The van der Waals surface area contributed by atoms with E-state index in [1.54, 1.807) is 6.92 Å². The summed E-state index contributed by atoms with van der Waals surface area (Å²) in [4.78, 5) is 11.2. The molecule has 0 aliphatic rings. The normalized spacial score (nSPS) is 15.9. The second-order valence-corrected chi connectivity index (χ2v) is 5.80. The summed E-state index contributed by atoms with van der Waals surface area (Å²) in [5.74, 6) is -0.930. The number of rotatable bonds is 6. The topological polar surface area (TPSA) is 69.6 Å². The van der Waals surface area contributed by atoms with Crippen molar-refractivity contribution < 1.29 is 15.0 Å². The maximum Gasteiger partial charge on any atom is 0.320 e. The molecule has 4 heteroatoms. The van der Waals surface area contributed by atoms with Crippen LogP contribution in [0.25, 0.3) is 0 Å². The van der Waals surface area contributed by atoms with Crippen molar-refractivity contribution in [3.05, 3.63) is 34.9 Å². The van der Waals surface area contributed by atoms with Crippen LogP contribution in [0.2, 0.25) is 0 Å². The molecule has 0 saturated carbocycles.